The minimum absolute atomic E-state index is 0.267. The second-order valence-electron chi connectivity index (χ2n) is 5.32. The molecule has 2 rings (SSSR count). The fourth-order valence-corrected chi connectivity index (χ4v) is 3.40. The maximum Gasteiger partial charge on any atom is 0.137 e. The molecule has 1 aliphatic rings. The molecule has 2 unspecified atom stereocenters. The molecule has 0 saturated heterocycles. The molecule has 0 amide bonds. The first-order valence-corrected chi connectivity index (χ1v) is 7.26. The number of rotatable bonds is 4. The fourth-order valence-electron chi connectivity index (χ4n) is 2.61. The van der Waals surface area contributed by atoms with Gasteiger partial charge < -0.3 is 4.90 Å². The lowest BCUT2D eigenvalue weighted by Gasteiger charge is -2.29. The van der Waals surface area contributed by atoms with Gasteiger partial charge in [0, 0.05) is 30.3 Å². The lowest BCUT2D eigenvalue weighted by molar-refractivity contribution is -0.126. The first kappa shape index (κ1) is 12.8. The third kappa shape index (κ3) is 3.65. The Kier molecular flexibility index (Phi) is 4.35. The zero-order valence-corrected chi connectivity index (χ0v) is 11.5. The van der Waals surface area contributed by atoms with Gasteiger partial charge in [0.15, 0.2) is 0 Å². The van der Waals surface area contributed by atoms with Gasteiger partial charge in [0.2, 0.25) is 0 Å². The number of thiophene rings is 1. The molecule has 2 nitrogen and oxygen atoms in total. The van der Waals surface area contributed by atoms with Gasteiger partial charge in [-0.25, -0.2) is 0 Å². The van der Waals surface area contributed by atoms with E-state index in [2.05, 4.69) is 36.4 Å². The summed E-state index contributed by atoms with van der Waals surface area (Å²) in [5.41, 5.74) is 0. The monoisotopic (exact) mass is 251 g/mol. The van der Waals surface area contributed by atoms with Crippen molar-refractivity contribution in [3.8, 4) is 0 Å². The number of ketones is 1. The van der Waals surface area contributed by atoms with E-state index in [0.29, 0.717) is 11.7 Å². The number of carbonyl (C=O) groups is 1. The SMILES string of the molecule is CC1CCC(=O)C(CN(C)Cc2cccs2)C1. The van der Waals surface area contributed by atoms with Gasteiger partial charge in [0.05, 0.1) is 0 Å². The van der Waals surface area contributed by atoms with Crippen molar-refractivity contribution >= 4 is 17.1 Å². The molecule has 94 valence electrons. The van der Waals surface area contributed by atoms with Crippen molar-refractivity contribution in [2.45, 2.75) is 32.7 Å². The van der Waals surface area contributed by atoms with Crippen molar-refractivity contribution in [1.82, 2.24) is 4.90 Å². The molecule has 0 spiro atoms. The highest BCUT2D eigenvalue weighted by Crippen LogP contribution is 2.26. The van der Waals surface area contributed by atoms with Crippen LogP contribution in [0.3, 0.4) is 0 Å². The summed E-state index contributed by atoms with van der Waals surface area (Å²) in [5, 5.41) is 2.11. The van der Waals surface area contributed by atoms with Gasteiger partial charge in [-0.1, -0.05) is 13.0 Å². The smallest absolute Gasteiger partial charge is 0.137 e. The van der Waals surface area contributed by atoms with Crippen LogP contribution in [0.25, 0.3) is 0 Å². The van der Waals surface area contributed by atoms with Crippen molar-refractivity contribution < 1.29 is 4.79 Å². The first-order chi connectivity index (χ1) is 8.15. The zero-order chi connectivity index (χ0) is 12.3. The molecule has 0 radical (unpaired) electrons. The molecule has 0 aliphatic heterocycles. The van der Waals surface area contributed by atoms with Crippen molar-refractivity contribution in [2.24, 2.45) is 11.8 Å². The Bertz CT molecular complexity index is 360. The molecular formula is C14H21NOS. The molecule has 17 heavy (non-hydrogen) atoms. The van der Waals surface area contributed by atoms with Crippen LogP contribution in [-0.2, 0) is 11.3 Å². The van der Waals surface area contributed by atoms with E-state index in [1.165, 1.54) is 4.88 Å². The Labute approximate surface area is 108 Å². The van der Waals surface area contributed by atoms with Crippen LogP contribution in [0.15, 0.2) is 17.5 Å². The molecule has 2 atom stereocenters. The normalized spacial score (nSPS) is 25.5. The second-order valence-corrected chi connectivity index (χ2v) is 6.35. The average Bonchev–Trinajstić information content (AvgIpc) is 2.76. The van der Waals surface area contributed by atoms with Gasteiger partial charge in [-0.2, -0.15) is 0 Å². The molecule has 1 aromatic heterocycles. The van der Waals surface area contributed by atoms with Gasteiger partial charge in [0.25, 0.3) is 0 Å². The highest BCUT2D eigenvalue weighted by Gasteiger charge is 2.27. The van der Waals surface area contributed by atoms with Gasteiger partial charge in [-0.15, -0.1) is 11.3 Å². The third-order valence-corrected chi connectivity index (χ3v) is 4.42. The molecule has 0 N–H and O–H groups in total. The summed E-state index contributed by atoms with van der Waals surface area (Å²) in [6.45, 7) is 4.15. The highest BCUT2D eigenvalue weighted by molar-refractivity contribution is 7.09. The van der Waals surface area contributed by atoms with E-state index < -0.39 is 0 Å². The highest BCUT2D eigenvalue weighted by atomic mass is 32.1. The lowest BCUT2D eigenvalue weighted by atomic mass is 9.81. The van der Waals surface area contributed by atoms with Crippen LogP contribution >= 0.6 is 11.3 Å². The standard InChI is InChI=1S/C14H21NOS/c1-11-5-6-14(16)12(8-11)9-15(2)10-13-4-3-7-17-13/h3-4,7,11-12H,5-6,8-10H2,1-2H3. The zero-order valence-electron chi connectivity index (χ0n) is 10.7. The molecule has 1 saturated carbocycles. The van der Waals surface area contributed by atoms with Crippen LogP contribution < -0.4 is 0 Å². The molecule has 1 aromatic rings. The van der Waals surface area contributed by atoms with Crippen LogP contribution in [0.4, 0.5) is 0 Å². The van der Waals surface area contributed by atoms with Gasteiger partial charge in [-0.05, 0) is 37.3 Å². The molecule has 0 bridgehead atoms. The summed E-state index contributed by atoms with van der Waals surface area (Å²) in [6, 6.07) is 4.24. The second kappa shape index (κ2) is 5.78. The number of Topliss-reactive ketones (excluding diaryl/α,β-unsaturated/α-hetero) is 1. The average molecular weight is 251 g/mol. The summed E-state index contributed by atoms with van der Waals surface area (Å²) in [7, 11) is 2.12. The van der Waals surface area contributed by atoms with Crippen molar-refractivity contribution in [3.63, 3.8) is 0 Å². The summed E-state index contributed by atoms with van der Waals surface area (Å²) >= 11 is 1.79. The van der Waals surface area contributed by atoms with Gasteiger partial charge in [-0.3, -0.25) is 4.79 Å². The van der Waals surface area contributed by atoms with Crippen LogP contribution in [-0.4, -0.2) is 24.3 Å². The molecule has 3 heteroatoms. The van der Waals surface area contributed by atoms with Crippen LogP contribution in [0, 0.1) is 11.8 Å². The molecule has 0 aromatic carbocycles. The van der Waals surface area contributed by atoms with Crippen LogP contribution in [0.1, 0.15) is 31.1 Å². The molecular weight excluding hydrogens is 230 g/mol. The Hall–Kier alpha value is -0.670. The summed E-state index contributed by atoms with van der Waals surface area (Å²) in [4.78, 5) is 15.5. The minimum Gasteiger partial charge on any atom is -0.301 e. The number of nitrogens with zero attached hydrogens (tertiary/aromatic N) is 1. The number of hydrogen-bond acceptors (Lipinski definition) is 3. The number of carbonyl (C=O) groups excluding carboxylic acids is 1. The molecule has 1 fully saturated rings. The van der Waals surface area contributed by atoms with E-state index in [9.17, 15) is 4.79 Å². The Morgan fingerprint density at radius 2 is 2.35 bits per heavy atom. The van der Waals surface area contributed by atoms with E-state index in [-0.39, 0.29) is 5.92 Å². The van der Waals surface area contributed by atoms with Crippen molar-refractivity contribution in [3.05, 3.63) is 22.4 Å². The van der Waals surface area contributed by atoms with Crippen LogP contribution in [0.2, 0.25) is 0 Å². The summed E-state index contributed by atoms with van der Waals surface area (Å²) in [6.07, 6.45) is 2.95. The maximum atomic E-state index is 11.9. The van der Waals surface area contributed by atoms with Crippen LogP contribution in [0.5, 0.6) is 0 Å². The molecule has 1 aliphatic carbocycles. The summed E-state index contributed by atoms with van der Waals surface area (Å²) in [5.74, 6) is 1.46. The van der Waals surface area contributed by atoms with E-state index in [1.54, 1.807) is 11.3 Å². The van der Waals surface area contributed by atoms with Gasteiger partial charge >= 0.3 is 0 Å². The van der Waals surface area contributed by atoms with E-state index in [0.717, 1.165) is 32.4 Å². The molecule has 1 heterocycles. The minimum atomic E-state index is 0.267. The number of hydrogen-bond donors (Lipinski definition) is 0. The Morgan fingerprint density at radius 1 is 1.53 bits per heavy atom. The van der Waals surface area contributed by atoms with Crippen molar-refractivity contribution in [1.29, 1.82) is 0 Å². The lowest BCUT2D eigenvalue weighted by Crippen LogP contribution is -2.33. The van der Waals surface area contributed by atoms with Crippen molar-refractivity contribution in [2.75, 3.05) is 13.6 Å². The largest absolute Gasteiger partial charge is 0.301 e. The first-order valence-electron chi connectivity index (χ1n) is 6.39. The Balaban J connectivity index is 1.84. The summed E-state index contributed by atoms with van der Waals surface area (Å²) < 4.78 is 0. The quantitative estimate of drug-likeness (QED) is 0.819. The predicted octanol–water partition coefficient (Wildman–Crippen LogP) is 3.19. The van der Waals surface area contributed by atoms with Gasteiger partial charge in [0.1, 0.15) is 5.78 Å². The van der Waals surface area contributed by atoms with E-state index in [4.69, 9.17) is 0 Å². The van der Waals surface area contributed by atoms with E-state index >= 15 is 0 Å². The van der Waals surface area contributed by atoms with E-state index in [1.807, 2.05) is 0 Å². The topological polar surface area (TPSA) is 20.3 Å². The predicted molar refractivity (Wildman–Crippen MR) is 72.2 cm³/mol. The maximum absolute atomic E-state index is 11.9. The third-order valence-electron chi connectivity index (χ3n) is 3.56. The fraction of sp³-hybridized carbons (Fsp3) is 0.643. The Morgan fingerprint density at radius 3 is 3.06 bits per heavy atom.